The van der Waals surface area contributed by atoms with Gasteiger partial charge in [-0.1, -0.05) is 25.2 Å². The van der Waals surface area contributed by atoms with Gasteiger partial charge in [0.1, 0.15) is 0 Å². The van der Waals surface area contributed by atoms with Crippen molar-refractivity contribution in [3.05, 3.63) is 10.6 Å². The quantitative estimate of drug-likeness (QED) is 0.850. The molecule has 0 saturated carbocycles. The molecule has 0 aromatic carbocycles. The second-order valence-corrected chi connectivity index (χ2v) is 7.70. The predicted molar refractivity (Wildman–Crippen MR) is 81.0 cm³/mol. The van der Waals surface area contributed by atoms with Crippen LogP contribution in [0.25, 0.3) is 0 Å². The van der Waals surface area contributed by atoms with Gasteiger partial charge in [0.2, 0.25) is 5.91 Å². The topological polar surface area (TPSA) is 62.5 Å². The molecule has 1 unspecified atom stereocenters. The molecule has 1 aromatic heterocycles. The molecule has 2 heterocycles. The number of aromatic nitrogens is 1. The molecule has 1 aliphatic heterocycles. The highest BCUT2D eigenvalue weighted by atomic mass is 32.1. The molecule has 0 radical (unpaired) electrons. The minimum absolute atomic E-state index is 0.0863. The number of hydrogen-bond donors (Lipinski definition) is 1. The fourth-order valence-electron chi connectivity index (χ4n) is 3.04. The van der Waals surface area contributed by atoms with Gasteiger partial charge in [-0.2, -0.15) is 0 Å². The number of likely N-dealkylation sites (N-methyl/N-ethyl adjacent to an activating group) is 1. The second kappa shape index (κ2) is 4.70. The molecule has 1 aliphatic carbocycles. The van der Waals surface area contributed by atoms with Crippen molar-refractivity contribution in [1.29, 1.82) is 0 Å². The zero-order valence-corrected chi connectivity index (χ0v) is 13.2. The van der Waals surface area contributed by atoms with Crippen LogP contribution in [0, 0.1) is 5.41 Å². The van der Waals surface area contributed by atoms with Gasteiger partial charge in [-0.05, 0) is 18.3 Å². The molecular formula is C14H22N4OS. The van der Waals surface area contributed by atoms with E-state index in [0.717, 1.165) is 36.8 Å². The van der Waals surface area contributed by atoms with Crippen LogP contribution in [0.2, 0.25) is 0 Å². The lowest BCUT2D eigenvalue weighted by atomic mass is 9.77. The number of carbonyl (C=O) groups is 1. The zero-order valence-electron chi connectivity index (χ0n) is 12.3. The van der Waals surface area contributed by atoms with E-state index < -0.39 is 0 Å². The maximum absolute atomic E-state index is 11.8. The number of carbonyl (C=O) groups excluding carboxylic acids is 1. The number of hydrogen-bond acceptors (Lipinski definition) is 5. The summed E-state index contributed by atoms with van der Waals surface area (Å²) in [5, 5.41) is 0.963. The van der Waals surface area contributed by atoms with Gasteiger partial charge < -0.3 is 15.5 Å². The summed E-state index contributed by atoms with van der Waals surface area (Å²) in [5.74, 6) is 0.161. The Morgan fingerprint density at radius 2 is 2.15 bits per heavy atom. The summed E-state index contributed by atoms with van der Waals surface area (Å²) in [6.07, 6.45) is 1.98. The highest BCUT2D eigenvalue weighted by Gasteiger charge is 2.34. The first-order chi connectivity index (χ1) is 9.35. The molecule has 110 valence electrons. The van der Waals surface area contributed by atoms with Crippen molar-refractivity contribution in [2.24, 2.45) is 11.1 Å². The number of nitrogens with zero attached hydrogens (tertiary/aromatic N) is 3. The minimum atomic E-state index is 0.0863. The van der Waals surface area contributed by atoms with Crippen molar-refractivity contribution in [3.8, 4) is 0 Å². The number of amides is 1. The SMILES string of the molecule is CN1CCN(c2nc3c(s2)C(N)CC(C)(C)C3)CC1=O. The molecule has 2 N–H and O–H groups in total. The summed E-state index contributed by atoms with van der Waals surface area (Å²) >= 11 is 1.67. The lowest BCUT2D eigenvalue weighted by molar-refractivity contribution is -0.129. The molecule has 2 aliphatic rings. The lowest BCUT2D eigenvalue weighted by Crippen LogP contribution is -2.48. The lowest BCUT2D eigenvalue weighted by Gasteiger charge is -2.32. The van der Waals surface area contributed by atoms with Crippen molar-refractivity contribution in [2.45, 2.75) is 32.7 Å². The van der Waals surface area contributed by atoms with E-state index in [1.165, 1.54) is 4.88 Å². The number of anilines is 1. The fourth-order valence-corrected chi connectivity index (χ4v) is 4.15. The van der Waals surface area contributed by atoms with Crippen LogP contribution in [0.4, 0.5) is 5.13 Å². The molecule has 1 amide bonds. The van der Waals surface area contributed by atoms with Crippen molar-refractivity contribution in [1.82, 2.24) is 9.88 Å². The van der Waals surface area contributed by atoms with Crippen LogP contribution in [0.3, 0.4) is 0 Å². The molecule has 3 rings (SSSR count). The van der Waals surface area contributed by atoms with Gasteiger partial charge in [-0.3, -0.25) is 4.79 Å². The number of piperazine rings is 1. The van der Waals surface area contributed by atoms with E-state index in [4.69, 9.17) is 10.7 Å². The second-order valence-electron chi connectivity index (χ2n) is 6.70. The third-order valence-corrected chi connectivity index (χ3v) is 5.49. The summed E-state index contributed by atoms with van der Waals surface area (Å²) in [6, 6.07) is 0.0863. The van der Waals surface area contributed by atoms with Crippen molar-refractivity contribution in [3.63, 3.8) is 0 Å². The fraction of sp³-hybridized carbons (Fsp3) is 0.714. The number of thiazole rings is 1. The highest BCUT2D eigenvalue weighted by molar-refractivity contribution is 7.15. The van der Waals surface area contributed by atoms with Gasteiger partial charge in [0.15, 0.2) is 5.13 Å². The van der Waals surface area contributed by atoms with Crippen LogP contribution >= 0.6 is 11.3 Å². The average Bonchev–Trinajstić information content (AvgIpc) is 2.75. The molecule has 1 atom stereocenters. The minimum Gasteiger partial charge on any atom is -0.342 e. The normalized spacial score (nSPS) is 25.8. The predicted octanol–water partition coefficient (Wildman–Crippen LogP) is 1.39. The number of rotatable bonds is 1. The third kappa shape index (κ3) is 2.42. The smallest absolute Gasteiger partial charge is 0.241 e. The largest absolute Gasteiger partial charge is 0.342 e. The molecule has 6 heteroatoms. The molecule has 1 fully saturated rings. The highest BCUT2D eigenvalue weighted by Crippen LogP contribution is 2.43. The van der Waals surface area contributed by atoms with Gasteiger partial charge in [0.25, 0.3) is 0 Å². The van der Waals surface area contributed by atoms with Crippen LogP contribution < -0.4 is 10.6 Å². The zero-order chi connectivity index (χ0) is 14.5. The van der Waals surface area contributed by atoms with Crippen LogP contribution in [0.15, 0.2) is 0 Å². The van der Waals surface area contributed by atoms with E-state index in [0.29, 0.717) is 6.54 Å². The number of fused-ring (bicyclic) bond motifs is 1. The van der Waals surface area contributed by atoms with E-state index in [2.05, 4.69) is 18.7 Å². The standard InChI is InChI=1S/C14H22N4OS/c1-14(2)6-9(15)12-10(7-14)16-13(20-12)18-5-4-17(3)11(19)8-18/h9H,4-8,15H2,1-3H3. The van der Waals surface area contributed by atoms with Gasteiger partial charge in [0, 0.05) is 31.1 Å². The van der Waals surface area contributed by atoms with E-state index in [-0.39, 0.29) is 17.4 Å². The Labute approximate surface area is 123 Å². The molecule has 5 nitrogen and oxygen atoms in total. The van der Waals surface area contributed by atoms with Gasteiger partial charge in [0.05, 0.1) is 12.2 Å². The van der Waals surface area contributed by atoms with Crippen molar-refractivity contribution in [2.75, 3.05) is 31.6 Å². The monoisotopic (exact) mass is 294 g/mol. The summed E-state index contributed by atoms with van der Waals surface area (Å²) in [4.78, 5) is 21.7. The molecule has 1 saturated heterocycles. The summed E-state index contributed by atoms with van der Waals surface area (Å²) in [5.41, 5.74) is 7.65. The van der Waals surface area contributed by atoms with Crippen LogP contribution in [-0.4, -0.2) is 42.5 Å². The summed E-state index contributed by atoms with van der Waals surface area (Å²) in [7, 11) is 1.85. The average molecular weight is 294 g/mol. The Hall–Kier alpha value is -1.14. The molecule has 1 aromatic rings. The Kier molecular flexibility index (Phi) is 3.25. The van der Waals surface area contributed by atoms with Gasteiger partial charge >= 0.3 is 0 Å². The maximum Gasteiger partial charge on any atom is 0.241 e. The van der Waals surface area contributed by atoms with Crippen molar-refractivity contribution < 1.29 is 4.79 Å². The van der Waals surface area contributed by atoms with Crippen LogP contribution in [0.1, 0.15) is 36.9 Å². The summed E-state index contributed by atoms with van der Waals surface area (Å²) in [6.45, 7) is 6.54. The first-order valence-corrected chi connectivity index (χ1v) is 7.91. The van der Waals surface area contributed by atoms with Crippen molar-refractivity contribution >= 4 is 22.4 Å². The molecule has 0 spiro atoms. The number of nitrogens with two attached hydrogens (primary N) is 1. The van der Waals surface area contributed by atoms with Crippen LogP contribution in [-0.2, 0) is 11.2 Å². The third-order valence-electron chi connectivity index (χ3n) is 4.20. The Bertz CT molecular complexity index is 539. The molecule has 0 bridgehead atoms. The molecule has 20 heavy (non-hydrogen) atoms. The Balaban J connectivity index is 1.85. The van der Waals surface area contributed by atoms with E-state index in [9.17, 15) is 4.79 Å². The van der Waals surface area contributed by atoms with Crippen LogP contribution in [0.5, 0.6) is 0 Å². The van der Waals surface area contributed by atoms with Gasteiger partial charge in [-0.25, -0.2) is 4.98 Å². The molecular weight excluding hydrogens is 272 g/mol. The Morgan fingerprint density at radius 1 is 1.40 bits per heavy atom. The maximum atomic E-state index is 11.8. The van der Waals surface area contributed by atoms with Gasteiger partial charge in [-0.15, -0.1) is 0 Å². The first kappa shape index (κ1) is 13.8. The Morgan fingerprint density at radius 3 is 2.85 bits per heavy atom. The first-order valence-electron chi connectivity index (χ1n) is 7.10. The van der Waals surface area contributed by atoms with E-state index in [1.54, 1.807) is 16.2 Å². The van der Waals surface area contributed by atoms with E-state index in [1.807, 2.05) is 7.05 Å². The summed E-state index contributed by atoms with van der Waals surface area (Å²) < 4.78 is 0. The van der Waals surface area contributed by atoms with E-state index >= 15 is 0 Å².